The molecule has 18 heteroatoms. The Morgan fingerprint density at radius 3 is 2.59 bits per heavy atom. The van der Waals surface area contributed by atoms with Gasteiger partial charge in [0.25, 0.3) is 12.3 Å². The lowest BCUT2D eigenvalue weighted by molar-refractivity contribution is -0.135. The van der Waals surface area contributed by atoms with Crippen LogP contribution in [0.5, 0.6) is 0 Å². The summed E-state index contributed by atoms with van der Waals surface area (Å²) >= 11 is 0. The molecule has 5 aromatic rings. The Balaban J connectivity index is 0.705. The van der Waals surface area contributed by atoms with Crippen molar-refractivity contribution in [3.63, 3.8) is 0 Å². The second-order valence-electron chi connectivity index (χ2n) is 18.9. The Morgan fingerprint density at radius 2 is 1.80 bits per heavy atom. The molecule has 1 aromatic carbocycles. The third kappa shape index (κ3) is 10.7. The van der Waals surface area contributed by atoms with Gasteiger partial charge in [-0.05, 0) is 119 Å². The first-order valence-electron chi connectivity index (χ1n) is 23.6. The third-order valence-corrected chi connectivity index (χ3v) is 13.9. The fraction of sp³-hybridized carbons (Fsp3) is 0.562. The van der Waals surface area contributed by atoms with Crippen molar-refractivity contribution < 1.29 is 32.3 Å². The zero-order valence-corrected chi connectivity index (χ0v) is 37.8. The van der Waals surface area contributed by atoms with Gasteiger partial charge < -0.3 is 19.4 Å². The minimum absolute atomic E-state index is 0.00812. The Morgan fingerprint density at radius 1 is 0.985 bits per heavy atom. The van der Waals surface area contributed by atoms with Gasteiger partial charge in [0.05, 0.1) is 35.5 Å². The molecule has 2 atom stereocenters. The van der Waals surface area contributed by atoms with Crippen molar-refractivity contribution in [2.75, 3.05) is 51.7 Å². The molecular weight excluding hydrogens is 851 g/mol. The van der Waals surface area contributed by atoms with Gasteiger partial charge in [0.2, 0.25) is 17.7 Å². The summed E-state index contributed by atoms with van der Waals surface area (Å²) in [6, 6.07) is 8.93. The highest BCUT2D eigenvalue weighted by atomic mass is 19.3. The smallest absolute Gasteiger partial charge is 0.329 e. The number of imide groups is 1. The lowest BCUT2D eigenvalue weighted by atomic mass is 9.86. The van der Waals surface area contributed by atoms with Crippen molar-refractivity contribution >= 4 is 34.4 Å². The molecule has 3 amide bonds. The van der Waals surface area contributed by atoms with E-state index < -0.39 is 30.0 Å². The second-order valence-corrected chi connectivity index (χ2v) is 18.9. The first-order chi connectivity index (χ1) is 31.9. The van der Waals surface area contributed by atoms with Crippen molar-refractivity contribution in [2.45, 2.75) is 108 Å². The number of hydrogen-bond donors (Lipinski definition) is 2. The van der Waals surface area contributed by atoms with Crippen LogP contribution in [0.3, 0.4) is 0 Å². The van der Waals surface area contributed by atoms with Crippen LogP contribution in [0.15, 0.2) is 58.2 Å². The molecule has 66 heavy (non-hydrogen) atoms. The number of aryl methyl sites for hydroxylation is 3. The largest absolute Gasteiger partial charge is 0.444 e. The Hall–Kier alpha value is -5.59. The van der Waals surface area contributed by atoms with Crippen LogP contribution < -0.4 is 16.3 Å². The van der Waals surface area contributed by atoms with Gasteiger partial charge >= 0.3 is 5.69 Å². The number of morpholine rings is 1. The molecule has 4 aliphatic rings. The molecule has 2 saturated heterocycles. The van der Waals surface area contributed by atoms with Gasteiger partial charge in [-0.2, -0.15) is 5.10 Å². The van der Waals surface area contributed by atoms with Crippen LogP contribution >= 0.6 is 0 Å². The molecular formula is C48H60F2N10O6. The number of unbranched alkanes of at least 4 members (excludes halogenated alkanes) is 1. The molecule has 2 N–H and O–H groups in total. The van der Waals surface area contributed by atoms with Crippen LogP contribution in [0.25, 0.3) is 22.5 Å². The fourth-order valence-corrected chi connectivity index (χ4v) is 10.1. The van der Waals surface area contributed by atoms with Crippen LogP contribution in [0, 0.1) is 11.8 Å². The number of anilines is 1. The van der Waals surface area contributed by atoms with E-state index in [0.717, 1.165) is 113 Å². The maximum absolute atomic E-state index is 14.2. The van der Waals surface area contributed by atoms with Crippen LogP contribution in [0.1, 0.15) is 117 Å². The molecule has 4 fully saturated rings. The number of imidazole rings is 1. The zero-order valence-electron chi connectivity index (χ0n) is 37.8. The number of pyridine rings is 1. The second kappa shape index (κ2) is 20.1. The summed E-state index contributed by atoms with van der Waals surface area (Å²) in [5.74, 6) is 0.129. The van der Waals surface area contributed by atoms with E-state index in [1.165, 1.54) is 29.9 Å². The summed E-state index contributed by atoms with van der Waals surface area (Å²) in [6.07, 6.45) is 13.1. The number of likely N-dealkylation sites (N-methyl/N-ethyl adjacent to an activating group) is 1. The summed E-state index contributed by atoms with van der Waals surface area (Å²) < 4.78 is 45.0. The number of alkyl halides is 2. The molecule has 2 aliphatic carbocycles. The van der Waals surface area contributed by atoms with E-state index >= 15 is 0 Å². The number of aromatic nitrogens is 6. The van der Waals surface area contributed by atoms with Crippen LogP contribution in [0.2, 0.25) is 0 Å². The van der Waals surface area contributed by atoms with Gasteiger partial charge in [-0.15, -0.1) is 0 Å². The average molecular weight is 911 g/mol. The van der Waals surface area contributed by atoms with Crippen LogP contribution in [-0.2, 0) is 34.2 Å². The van der Waals surface area contributed by atoms with Crippen molar-refractivity contribution in [3.05, 3.63) is 82.1 Å². The molecule has 0 radical (unpaired) electrons. The highest BCUT2D eigenvalue weighted by molar-refractivity contribution is 6.03. The van der Waals surface area contributed by atoms with Crippen LogP contribution in [0.4, 0.5) is 14.5 Å². The quantitative estimate of drug-likeness (QED) is 0.0728. The Labute approximate surface area is 382 Å². The molecule has 352 valence electrons. The Bertz CT molecular complexity index is 2590. The van der Waals surface area contributed by atoms with Gasteiger partial charge in [0.15, 0.2) is 11.4 Å². The lowest BCUT2D eigenvalue weighted by Crippen LogP contribution is -2.47. The van der Waals surface area contributed by atoms with Crippen LogP contribution in [-0.4, -0.2) is 109 Å². The Kier molecular flexibility index (Phi) is 13.9. The van der Waals surface area contributed by atoms with E-state index in [0.29, 0.717) is 30.0 Å². The minimum Gasteiger partial charge on any atom is -0.444 e. The summed E-state index contributed by atoms with van der Waals surface area (Å²) in [5.41, 5.74) is 3.50. The van der Waals surface area contributed by atoms with Gasteiger partial charge in [-0.1, -0.05) is 18.9 Å². The molecule has 6 heterocycles. The number of nitrogens with zero attached hydrogens (tertiary/aromatic N) is 8. The summed E-state index contributed by atoms with van der Waals surface area (Å²) in [7, 11) is 3.86. The number of benzene rings is 1. The summed E-state index contributed by atoms with van der Waals surface area (Å²) in [5, 5.41) is 9.24. The number of nitrogens with one attached hydrogen (secondary N) is 2. The van der Waals surface area contributed by atoms with E-state index in [1.54, 1.807) is 28.6 Å². The van der Waals surface area contributed by atoms with Crippen molar-refractivity contribution in [3.8, 4) is 11.5 Å². The number of halogens is 2. The number of hydrogen-bond acceptors (Lipinski definition) is 11. The van der Waals surface area contributed by atoms with E-state index in [2.05, 4.69) is 42.5 Å². The molecule has 1 unspecified atom stereocenters. The molecule has 2 saturated carbocycles. The number of piperidine rings is 1. The van der Waals surface area contributed by atoms with E-state index in [1.807, 2.05) is 24.3 Å². The third-order valence-electron chi connectivity index (χ3n) is 13.9. The number of amides is 3. The SMILES string of the molecule is CN(CC1CCC(n2cc(NC(=O)c3coc(-c4ccnc(CCC5CC5)c4)n3)c(C(F)F)n2)CC1)C[C@@H]1CN(CCCCc2ccc3c(c2)n(C)c(=O)n3C2CCC(=O)NC2=O)CCO1. The first-order valence-corrected chi connectivity index (χ1v) is 23.6. The monoisotopic (exact) mass is 910 g/mol. The number of ether oxygens (including phenoxy) is 1. The van der Waals surface area contributed by atoms with E-state index in [9.17, 15) is 28.0 Å². The standard InChI is InChI=1S/C48H60F2N10O6/c1-56(26-36-27-58(21-22-65-36)20-4-3-5-31-11-15-39-41(23-31)57(2)48(64)60(39)40-16-17-42(61)54-46(40)63)25-32-9-13-35(14-10-32)59-28-37(43(55-59)44(49)50)52-45(62)38-29-66-47(53-38)33-18-19-51-34(24-33)12-8-30-6-7-30/h11,15,18-19,23-24,28-30,32,35-36,40,44H,3-10,12-14,16-17,20-22,25-27H2,1-2H3,(H,52,62)(H,54,61,63)/t32?,35?,36-,40?/m1/s1. The fourth-order valence-electron chi connectivity index (χ4n) is 10.1. The van der Waals surface area contributed by atoms with Crippen molar-refractivity contribution in [1.29, 1.82) is 0 Å². The molecule has 4 aromatic heterocycles. The molecule has 0 bridgehead atoms. The summed E-state index contributed by atoms with van der Waals surface area (Å²) in [6.45, 7) is 5.17. The zero-order chi connectivity index (χ0) is 45.9. The number of fused-ring (bicyclic) bond motifs is 1. The first kappa shape index (κ1) is 45.6. The molecule has 9 rings (SSSR count). The van der Waals surface area contributed by atoms with Gasteiger partial charge in [0, 0.05) is 63.3 Å². The van der Waals surface area contributed by atoms with Gasteiger partial charge in [-0.25, -0.2) is 18.6 Å². The maximum atomic E-state index is 14.2. The van der Waals surface area contributed by atoms with E-state index in [-0.39, 0.29) is 47.4 Å². The molecule has 16 nitrogen and oxygen atoms in total. The lowest BCUT2D eigenvalue weighted by Gasteiger charge is -2.36. The number of carbonyl (C=O) groups is 3. The van der Waals surface area contributed by atoms with Gasteiger partial charge in [0.1, 0.15) is 12.3 Å². The van der Waals surface area contributed by atoms with Gasteiger partial charge in [-0.3, -0.25) is 43.4 Å². The van der Waals surface area contributed by atoms with E-state index in [4.69, 9.17) is 9.15 Å². The van der Waals surface area contributed by atoms with Crippen molar-refractivity contribution in [1.82, 2.24) is 44.0 Å². The number of carbonyl (C=O) groups excluding carboxylic acids is 3. The predicted octanol–water partition coefficient (Wildman–Crippen LogP) is 6.48. The molecule has 2 aliphatic heterocycles. The minimum atomic E-state index is -2.86. The number of rotatable bonds is 18. The van der Waals surface area contributed by atoms with Crippen molar-refractivity contribution in [2.24, 2.45) is 18.9 Å². The average Bonchev–Trinajstić information content (AvgIpc) is 3.72. The maximum Gasteiger partial charge on any atom is 0.329 e. The highest BCUT2D eigenvalue weighted by Crippen LogP contribution is 2.36. The molecule has 0 spiro atoms. The topological polar surface area (TPSA) is 175 Å². The summed E-state index contributed by atoms with van der Waals surface area (Å²) in [4.78, 5) is 64.3. The normalized spacial score (nSPS) is 21.8. The number of oxazole rings is 1. The predicted molar refractivity (Wildman–Crippen MR) is 242 cm³/mol. The highest BCUT2D eigenvalue weighted by Gasteiger charge is 2.32.